The van der Waals surface area contributed by atoms with Crippen molar-refractivity contribution in [2.45, 2.75) is 12.6 Å². The lowest BCUT2D eigenvalue weighted by atomic mass is 10.1. The largest absolute Gasteiger partial charge is 0.417 e. The number of hydrogen-bond donors (Lipinski definition) is 0. The highest BCUT2D eigenvalue weighted by Gasteiger charge is 2.33. The second-order valence-electron chi connectivity index (χ2n) is 3.36. The number of halogens is 4. The van der Waals surface area contributed by atoms with Crippen molar-refractivity contribution in [3.8, 4) is 0 Å². The van der Waals surface area contributed by atoms with Crippen LogP contribution in [0.5, 0.6) is 0 Å². The quantitative estimate of drug-likeness (QED) is 0.762. The predicted octanol–water partition coefficient (Wildman–Crippen LogP) is 4.40. The van der Waals surface area contributed by atoms with E-state index in [1.165, 1.54) is 23.9 Å². The van der Waals surface area contributed by atoms with Gasteiger partial charge in [0.05, 0.1) is 5.56 Å². The average molecular weight is 327 g/mol. The van der Waals surface area contributed by atoms with Crippen LogP contribution < -0.4 is 0 Å². The van der Waals surface area contributed by atoms with Crippen LogP contribution in [0.15, 0.2) is 22.7 Å². The number of carbonyl (C=O) groups excluding carboxylic acids is 1. The first kappa shape index (κ1) is 14.6. The Labute approximate surface area is 110 Å². The van der Waals surface area contributed by atoms with E-state index in [1.807, 2.05) is 6.26 Å². The molecule has 0 aromatic heterocycles. The first-order valence-corrected chi connectivity index (χ1v) is 6.94. The molecule has 0 N–H and O–H groups in total. The molecule has 0 heterocycles. The highest BCUT2D eigenvalue weighted by molar-refractivity contribution is 9.10. The van der Waals surface area contributed by atoms with Crippen LogP contribution in [0.2, 0.25) is 0 Å². The summed E-state index contributed by atoms with van der Waals surface area (Å²) in [6, 6.07) is 3.56. The van der Waals surface area contributed by atoms with E-state index in [0.717, 1.165) is 6.07 Å². The van der Waals surface area contributed by atoms with E-state index in [4.69, 9.17) is 0 Å². The zero-order chi connectivity index (χ0) is 13.1. The highest BCUT2D eigenvalue weighted by atomic mass is 79.9. The fourth-order valence-corrected chi connectivity index (χ4v) is 2.12. The number of rotatable bonds is 4. The molecule has 0 saturated carbocycles. The first-order valence-electron chi connectivity index (χ1n) is 4.75. The lowest BCUT2D eigenvalue weighted by molar-refractivity contribution is -0.138. The third-order valence-electron chi connectivity index (χ3n) is 2.13. The predicted molar refractivity (Wildman–Crippen MR) is 66.5 cm³/mol. The van der Waals surface area contributed by atoms with E-state index in [9.17, 15) is 18.0 Å². The number of ketones is 1. The molecular formula is C11H10BrF3OS. The van der Waals surface area contributed by atoms with E-state index in [2.05, 4.69) is 15.9 Å². The van der Waals surface area contributed by atoms with Gasteiger partial charge in [-0.2, -0.15) is 24.9 Å². The monoisotopic (exact) mass is 326 g/mol. The summed E-state index contributed by atoms with van der Waals surface area (Å²) in [4.78, 5) is 11.6. The standard InChI is InChI=1S/C11H10BrF3OS/c1-17-5-4-10(16)7-2-3-9(12)8(6-7)11(13,14)15/h2-3,6H,4-5H2,1H3. The molecule has 1 rings (SSSR count). The highest BCUT2D eigenvalue weighted by Crippen LogP contribution is 2.35. The third-order valence-corrected chi connectivity index (χ3v) is 3.43. The molecule has 0 bridgehead atoms. The van der Waals surface area contributed by atoms with Crippen LogP contribution in [0.3, 0.4) is 0 Å². The zero-order valence-corrected chi connectivity index (χ0v) is 11.4. The molecule has 0 spiro atoms. The van der Waals surface area contributed by atoms with Crippen LogP contribution >= 0.6 is 27.7 Å². The van der Waals surface area contributed by atoms with Crippen LogP contribution in [0.4, 0.5) is 13.2 Å². The fourth-order valence-electron chi connectivity index (χ4n) is 1.26. The van der Waals surface area contributed by atoms with Gasteiger partial charge in [0.15, 0.2) is 5.78 Å². The van der Waals surface area contributed by atoms with Crippen LogP contribution in [-0.4, -0.2) is 17.8 Å². The Kier molecular flexibility index (Phi) is 5.06. The van der Waals surface area contributed by atoms with Crippen LogP contribution in [0, 0.1) is 0 Å². The third kappa shape index (κ3) is 4.03. The van der Waals surface area contributed by atoms with Gasteiger partial charge in [-0.3, -0.25) is 4.79 Å². The van der Waals surface area contributed by atoms with Crippen molar-refractivity contribution in [2.24, 2.45) is 0 Å². The molecule has 0 unspecified atom stereocenters. The molecule has 0 aliphatic carbocycles. The molecule has 1 aromatic rings. The second-order valence-corrected chi connectivity index (χ2v) is 5.20. The summed E-state index contributed by atoms with van der Waals surface area (Å²) in [7, 11) is 0. The molecule has 6 heteroatoms. The van der Waals surface area contributed by atoms with Crippen molar-refractivity contribution in [1.29, 1.82) is 0 Å². The Balaban J connectivity index is 3.00. The minimum Gasteiger partial charge on any atom is -0.294 e. The van der Waals surface area contributed by atoms with E-state index >= 15 is 0 Å². The maximum Gasteiger partial charge on any atom is 0.417 e. The van der Waals surface area contributed by atoms with Crippen molar-refractivity contribution < 1.29 is 18.0 Å². The molecule has 17 heavy (non-hydrogen) atoms. The lowest BCUT2D eigenvalue weighted by Gasteiger charge is -2.10. The van der Waals surface area contributed by atoms with Gasteiger partial charge >= 0.3 is 6.18 Å². The molecule has 1 nitrogen and oxygen atoms in total. The summed E-state index contributed by atoms with van der Waals surface area (Å²) in [5.41, 5.74) is -0.706. The van der Waals surface area contributed by atoms with Gasteiger partial charge in [-0.1, -0.05) is 22.0 Å². The number of benzene rings is 1. The van der Waals surface area contributed by atoms with E-state index in [0.29, 0.717) is 5.75 Å². The van der Waals surface area contributed by atoms with E-state index in [-0.39, 0.29) is 22.2 Å². The molecule has 0 aliphatic heterocycles. The van der Waals surface area contributed by atoms with Gasteiger partial charge in [0.25, 0.3) is 0 Å². The molecule has 0 amide bonds. The maximum atomic E-state index is 12.6. The summed E-state index contributed by atoms with van der Waals surface area (Å²) < 4.78 is 37.7. The molecule has 0 atom stereocenters. The Morgan fingerprint density at radius 2 is 2.06 bits per heavy atom. The number of thioether (sulfide) groups is 1. The minimum atomic E-state index is -4.45. The normalized spacial score (nSPS) is 11.6. The molecule has 94 valence electrons. The van der Waals surface area contributed by atoms with Crippen LogP contribution in [0.1, 0.15) is 22.3 Å². The average Bonchev–Trinajstić information content (AvgIpc) is 2.25. The number of carbonyl (C=O) groups is 1. The summed E-state index contributed by atoms with van der Waals surface area (Å²) in [6.45, 7) is 0. The summed E-state index contributed by atoms with van der Waals surface area (Å²) >= 11 is 4.32. The number of hydrogen-bond acceptors (Lipinski definition) is 2. The fraction of sp³-hybridized carbons (Fsp3) is 0.364. The zero-order valence-electron chi connectivity index (χ0n) is 8.97. The topological polar surface area (TPSA) is 17.1 Å². The van der Waals surface area contributed by atoms with Gasteiger partial charge in [-0.25, -0.2) is 0 Å². The molecular weight excluding hydrogens is 317 g/mol. The van der Waals surface area contributed by atoms with Gasteiger partial charge in [-0.15, -0.1) is 0 Å². The van der Waals surface area contributed by atoms with Crippen molar-refractivity contribution in [2.75, 3.05) is 12.0 Å². The molecule has 0 radical (unpaired) electrons. The summed E-state index contributed by atoms with van der Waals surface area (Å²) in [5, 5.41) is 0. The SMILES string of the molecule is CSCCC(=O)c1ccc(Br)c(C(F)(F)F)c1. The molecule has 0 fully saturated rings. The molecule has 0 saturated heterocycles. The van der Waals surface area contributed by atoms with Crippen LogP contribution in [-0.2, 0) is 6.18 Å². The maximum absolute atomic E-state index is 12.6. The number of alkyl halides is 3. The first-order chi connectivity index (χ1) is 7.86. The second kappa shape index (κ2) is 5.91. The summed E-state index contributed by atoms with van der Waals surface area (Å²) in [5.74, 6) is 0.341. The Morgan fingerprint density at radius 3 is 2.59 bits per heavy atom. The molecule has 0 aliphatic rings. The smallest absolute Gasteiger partial charge is 0.294 e. The summed E-state index contributed by atoms with van der Waals surface area (Å²) in [6.07, 6.45) is -2.36. The van der Waals surface area contributed by atoms with Gasteiger partial charge in [-0.05, 0) is 18.4 Å². The van der Waals surface area contributed by atoms with E-state index < -0.39 is 11.7 Å². The van der Waals surface area contributed by atoms with Gasteiger partial charge in [0, 0.05) is 22.2 Å². The van der Waals surface area contributed by atoms with Crippen LogP contribution in [0.25, 0.3) is 0 Å². The number of Topliss-reactive ketones (excluding diaryl/α,β-unsaturated/α-hetero) is 1. The Hall–Kier alpha value is -0.490. The Morgan fingerprint density at radius 1 is 1.41 bits per heavy atom. The lowest BCUT2D eigenvalue weighted by Crippen LogP contribution is -2.09. The minimum absolute atomic E-state index is 0.0496. The van der Waals surface area contributed by atoms with E-state index in [1.54, 1.807) is 0 Å². The van der Waals surface area contributed by atoms with Gasteiger partial charge < -0.3 is 0 Å². The van der Waals surface area contributed by atoms with Crippen molar-refractivity contribution in [1.82, 2.24) is 0 Å². The van der Waals surface area contributed by atoms with Crippen molar-refractivity contribution >= 4 is 33.5 Å². The van der Waals surface area contributed by atoms with Crippen molar-refractivity contribution in [3.05, 3.63) is 33.8 Å². The van der Waals surface area contributed by atoms with Gasteiger partial charge in [0.2, 0.25) is 0 Å². The van der Waals surface area contributed by atoms with Gasteiger partial charge in [0.1, 0.15) is 0 Å². The Bertz CT molecular complexity index is 418. The molecule has 1 aromatic carbocycles. The van der Waals surface area contributed by atoms with Crippen molar-refractivity contribution in [3.63, 3.8) is 0 Å².